The van der Waals surface area contributed by atoms with Crippen molar-refractivity contribution < 1.29 is 17.9 Å². The molecule has 2 saturated carbocycles. The smallest absolute Gasteiger partial charge is 0.274 e. The van der Waals surface area contributed by atoms with E-state index in [0.717, 1.165) is 49.8 Å². The van der Waals surface area contributed by atoms with E-state index in [-0.39, 0.29) is 29.2 Å². The highest BCUT2D eigenvalue weighted by atomic mass is 32.2. The quantitative estimate of drug-likeness (QED) is 0.613. The fourth-order valence-corrected chi connectivity index (χ4v) is 7.54. The average molecular weight is 463 g/mol. The molecular weight excluding hydrogens is 431 g/mol. The standard InChI is InChI=1S/C23H31FN4O3S/c1-2-23(10-14-6-7-18(15(8-14)11-23)27-32(25,30)31)21(29)9-19-22-16(4-3-5-17(22)24)20-12-26-13-28(19)20/h3-5,12-15,18-19,21,27,29H,2,6-11H2,1H3,(H2,25,30,31)/t14?,15-,18?,19?,21?,23?/m1/s1. The van der Waals surface area contributed by atoms with Crippen LogP contribution in [0.15, 0.2) is 30.7 Å². The molecule has 2 heterocycles. The molecule has 0 amide bonds. The Labute approximate surface area is 188 Å². The van der Waals surface area contributed by atoms with E-state index >= 15 is 0 Å². The van der Waals surface area contributed by atoms with Crippen LogP contribution in [0.2, 0.25) is 0 Å². The Hall–Kier alpha value is -1.81. The van der Waals surface area contributed by atoms with Crippen LogP contribution in [-0.2, 0) is 10.2 Å². The molecule has 4 N–H and O–H groups in total. The second-order valence-electron chi connectivity index (χ2n) is 9.99. The maximum Gasteiger partial charge on any atom is 0.274 e. The zero-order valence-corrected chi connectivity index (χ0v) is 19.1. The van der Waals surface area contributed by atoms with Crippen LogP contribution in [0.3, 0.4) is 0 Å². The number of fused-ring (bicyclic) bond motifs is 5. The molecule has 7 nitrogen and oxygen atoms in total. The predicted molar refractivity (Wildman–Crippen MR) is 119 cm³/mol. The summed E-state index contributed by atoms with van der Waals surface area (Å²) in [6.07, 6.45) is 8.31. The third-order valence-electron chi connectivity index (χ3n) is 8.29. The fourth-order valence-electron chi connectivity index (χ4n) is 6.81. The lowest BCUT2D eigenvalue weighted by Crippen LogP contribution is -2.53. The summed E-state index contributed by atoms with van der Waals surface area (Å²) in [7, 11) is -3.77. The van der Waals surface area contributed by atoms with Crippen molar-refractivity contribution in [3.8, 4) is 11.3 Å². The molecule has 5 unspecified atom stereocenters. The number of hydrogen-bond acceptors (Lipinski definition) is 4. The third-order valence-corrected chi connectivity index (χ3v) is 8.92. The van der Waals surface area contributed by atoms with Crippen molar-refractivity contribution in [2.45, 2.75) is 70.1 Å². The lowest BCUT2D eigenvalue weighted by atomic mass is 9.56. The highest BCUT2D eigenvalue weighted by molar-refractivity contribution is 7.87. The van der Waals surface area contributed by atoms with Crippen LogP contribution in [0.5, 0.6) is 0 Å². The van der Waals surface area contributed by atoms with E-state index in [9.17, 15) is 17.9 Å². The molecular formula is C23H31FN4O3S. The number of halogens is 1. The number of aliphatic hydroxyl groups is 1. The molecule has 1 aromatic heterocycles. The fraction of sp³-hybridized carbons (Fsp3) is 0.609. The van der Waals surface area contributed by atoms with Gasteiger partial charge in [-0.05, 0) is 68.3 Å². The Kier molecular flexibility index (Phi) is 5.43. The molecule has 0 saturated heterocycles. The number of nitrogens with zero attached hydrogens (tertiary/aromatic N) is 2. The lowest BCUT2D eigenvalue weighted by Gasteiger charge is -2.52. The molecule has 2 bridgehead atoms. The van der Waals surface area contributed by atoms with E-state index in [2.05, 4.69) is 16.6 Å². The first-order chi connectivity index (χ1) is 15.2. The number of imidazole rings is 1. The number of hydrogen-bond donors (Lipinski definition) is 3. The van der Waals surface area contributed by atoms with Crippen molar-refractivity contribution in [3.05, 3.63) is 42.1 Å². The summed E-state index contributed by atoms with van der Waals surface area (Å²) >= 11 is 0. The molecule has 1 aromatic carbocycles. The lowest BCUT2D eigenvalue weighted by molar-refractivity contribution is -0.0657. The third kappa shape index (κ3) is 3.69. The molecule has 2 fully saturated rings. The molecule has 1 aliphatic heterocycles. The average Bonchev–Trinajstić information content (AvgIpc) is 3.32. The molecule has 3 aliphatic rings. The summed E-state index contributed by atoms with van der Waals surface area (Å²) in [6, 6.07) is 4.59. The molecule has 9 heteroatoms. The van der Waals surface area contributed by atoms with Crippen molar-refractivity contribution >= 4 is 10.2 Å². The Balaban J connectivity index is 1.42. The van der Waals surface area contributed by atoms with Crippen LogP contribution in [0.1, 0.15) is 63.5 Å². The van der Waals surface area contributed by atoms with Crippen LogP contribution in [0, 0.1) is 23.1 Å². The number of nitrogens with one attached hydrogen (secondary N) is 1. The van der Waals surface area contributed by atoms with Crippen molar-refractivity contribution in [2.24, 2.45) is 22.4 Å². The largest absolute Gasteiger partial charge is 0.392 e. The Morgan fingerprint density at radius 1 is 1.38 bits per heavy atom. The Morgan fingerprint density at radius 3 is 2.94 bits per heavy atom. The number of rotatable bonds is 6. The maximum atomic E-state index is 14.9. The molecule has 0 spiro atoms. The number of aliphatic hydroxyl groups excluding tert-OH is 1. The van der Waals surface area contributed by atoms with Crippen molar-refractivity contribution in [1.82, 2.24) is 14.3 Å². The number of nitrogens with two attached hydrogens (primary N) is 1. The molecule has 2 aliphatic carbocycles. The van der Waals surface area contributed by atoms with Gasteiger partial charge < -0.3 is 9.67 Å². The van der Waals surface area contributed by atoms with Gasteiger partial charge in [0.2, 0.25) is 0 Å². The Bertz CT molecular complexity index is 1120. The van der Waals surface area contributed by atoms with Crippen LogP contribution < -0.4 is 9.86 Å². The van der Waals surface area contributed by atoms with E-state index in [0.29, 0.717) is 17.9 Å². The topological polar surface area (TPSA) is 110 Å². The van der Waals surface area contributed by atoms with Gasteiger partial charge >= 0.3 is 0 Å². The molecule has 174 valence electrons. The van der Waals surface area contributed by atoms with Gasteiger partial charge in [0, 0.05) is 17.2 Å². The predicted octanol–water partition coefficient (Wildman–Crippen LogP) is 3.11. The summed E-state index contributed by atoms with van der Waals surface area (Å²) in [5, 5.41) is 16.9. The van der Waals surface area contributed by atoms with Crippen LogP contribution in [-0.4, -0.2) is 35.2 Å². The summed E-state index contributed by atoms with van der Waals surface area (Å²) < 4.78 is 42.8. The first kappa shape index (κ1) is 22.0. The van der Waals surface area contributed by atoms with E-state index in [1.54, 1.807) is 18.6 Å². The van der Waals surface area contributed by atoms with Crippen LogP contribution in [0.25, 0.3) is 11.3 Å². The minimum absolute atomic E-state index is 0.145. The van der Waals surface area contributed by atoms with Gasteiger partial charge in [-0.1, -0.05) is 19.1 Å². The highest BCUT2D eigenvalue weighted by Gasteiger charge is 2.49. The zero-order valence-electron chi connectivity index (χ0n) is 18.2. The van der Waals surface area contributed by atoms with Crippen molar-refractivity contribution in [1.29, 1.82) is 0 Å². The van der Waals surface area contributed by atoms with Gasteiger partial charge in [0.25, 0.3) is 10.2 Å². The summed E-state index contributed by atoms with van der Waals surface area (Å²) in [6.45, 7) is 2.10. The van der Waals surface area contributed by atoms with E-state index in [4.69, 9.17) is 5.14 Å². The van der Waals surface area contributed by atoms with E-state index < -0.39 is 16.3 Å². The first-order valence-electron chi connectivity index (χ1n) is 11.5. The second kappa shape index (κ2) is 7.90. The first-order valence-corrected chi connectivity index (χ1v) is 13.0. The van der Waals surface area contributed by atoms with Gasteiger partial charge in [-0.2, -0.15) is 13.1 Å². The maximum absolute atomic E-state index is 14.9. The second-order valence-corrected chi connectivity index (χ2v) is 11.3. The van der Waals surface area contributed by atoms with Crippen LogP contribution in [0.4, 0.5) is 4.39 Å². The molecule has 2 aromatic rings. The van der Waals surface area contributed by atoms with Gasteiger partial charge in [0.15, 0.2) is 0 Å². The summed E-state index contributed by atoms with van der Waals surface area (Å²) in [5.41, 5.74) is 2.00. The molecule has 6 atom stereocenters. The normalized spacial score (nSPS) is 32.4. The van der Waals surface area contributed by atoms with Gasteiger partial charge in [-0.15, -0.1) is 0 Å². The molecule has 5 rings (SSSR count). The van der Waals surface area contributed by atoms with Crippen molar-refractivity contribution in [2.75, 3.05) is 0 Å². The minimum atomic E-state index is -3.77. The van der Waals surface area contributed by atoms with Gasteiger partial charge in [-0.3, -0.25) is 0 Å². The SMILES string of the molecule is CCC1(C(O)CC2c3c(F)cccc3-c3cncn32)CC2CCC(NS(N)(=O)=O)[C@H](C2)C1. The highest BCUT2D eigenvalue weighted by Crippen LogP contribution is 2.54. The van der Waals surface area contributed by atoms with E-state index in [1.165, 1.54) is 6.07 Å². The summed E-state index contributed by atoms with van der Waals surface area (Å²) in [4.78, 5) is 4.25. The number of benzene rings is 1. The number of aromatic nitrogens is 2. The minimum Gasteiger partial charge on any atom is -0.392 e. The molecule has 32 heavy (non-hydrogen) atoms. The van der Waals surface area contributed by atoms with E-state index in [1.807, 2.05) is 10.6 Å². The van der Waals surface area contributed by atoms with Gasteiger partial charge in [-0.25, -0.2) is 14.5 Å². The monoisotopic (exact) mass is 462 g/mol. The summed E-state index contributed by atoms with van der Waals surface area (Å²) in [5.74, 6) is 0.344. The van der Waals surface area contributed by atoms with Gasteiger partial charge in [0.1, 0.15) is 5.82 Å². The van der Waals surface area contributed by atoms with Crippen LogP contribution >= 0.6 is 0 Å². The van der Waals surface area contributed by atoms with Gasteiger partial charge in [0.05, 0.1) is 30.4 Å². The van der Waals surface area contributed by atoms with Crippen molar-refractivity contribution in [3.63, 3.8) is 0 Å². The Morgan fingerprint density at radius 2 is 2.19 bits per heavy atom. The molecule has 0 radical (unpaired) electrons. The zero-order chi connectivity index (χ0) is 22.7.